The number of nitrogens with one attached hydrogen (secondary N) is 1. The second-order valence-corrected chi connectivity index (χ2v) is 2.34. The minimum absolute atomic E-state index is 0.497. The van der Waals surface area contributed by atoms with Crippen molar-refractivity contribution in [2.75, 3.05) is 11.6 Å². The summed E-state index contributed by atoms with van der Waals surface area (Å²) in [5.41, 5.74) is 3.24. The van der Waals surface area contributed by atoms with Crippen molar-refractivity contribution in [2.24, 2.45) is 0 Å². The van der Waals surface area contributed by atoms with Gasteiger partial charge in [0.2, 0.25) is 6.41 Å². The lowest BCUT2D eigenvalue weighted by molar-refractivity contribution is -0.110. The number of anilines is 1. The van der Waals surface area contributed by atoms with Gasteiger partial charge in [0.25, 0.3) is 0 Å². The Kier molecular flexibility index (Phi) is 3.95. The van der Waals surface area contributed by atoms with Gasteiger partial charge >= 0.3 is 0 Å². The summed E-state index contributed by atoms with van der Waals surface area (Å²) in [6.07, 6.45) is 0.658. The third-order valence-corrected chi connectivity index (χ3v) is 1.45. The molecule has 0 fully saturated rings. The second-order valence-electron chi connectivity index (χ2n) is 2.34. The number of hydrogen-bond acceptors (Lipinski definition) is 3. The Balaban J connectivity index is 2.61. The van der Waals surface area contributed by atoms with Crippen LogP contribution in [0.5, 0.6) is 0 Å². The number of hydrazine groups is 1. The highest BCUT2D eigenvalue weighted by Gasteiger charge is 2.01. The largest absolute Gasteiger partial charge is 0.282 e. The van der Waals surface area contributed by atoms with Crippen LogP contribution in [0.3, 0.4) is 0 Å². The number of para-hydroxylation sites is 1. The van der Waals surface area contributed by atoms with Gasteiger partial charge in [-0.05, 0) is 19.1 Å². The molecule has 1 aromatic carbocycles. The van der Waals surface area contributed by atoms with E-state index >= 15 is 0 Å². The van der Waals surface area contributed by atoms with E-state index in [1.54, 1.807) is 12.1 Å². The highest BCUT2D eigenvalue weighted by molar-refractivity contribution is 5.73. The van der Waals surface area contributed by atoms with Crippen LogP contribution in [-0.2, 0) is 9.63 Å². The number of benzene rings is 1. The molecule has 0 radical (unpaired) electrons. The molecule has 0 aromatic heterocycles. The maximum absolute atomic E-state index is 10.6. The van der Waals surface area contributed by atoms with Gasteiger partial charge in [-0.2, -0.15) is 0 Å². The van der Waals surface area contributed by atoms with E-state index in [9.17, 15) is 4.79 Å². The van der Waals surface area contributed by atoms with E-state index in [0.29, 0.717) is 13.0 Å². The molecule has 4 nitrogen and oxygen atoms in total. The average Bonchev–Trinajstić information content (AvgIpc) is 2.21. The van der Waals surface area contributed by atoms with E-state index in [1.165, 1.54) is 5.01 Å². The predicted octanol–water partition coefficient (Wildman–Crippen LogP) is 1.11. The molecule has 0 spiro atoms. The minimum atomic E-state index is 0.497. The van der Waals surface area contributed by atoms with E-state index in [2.05, 4.69) is 5.59 Å². The molecule has 0 unspecified atom stereocenters. The van der Waals surface area contributed by atoms with Crippen molar-refractivity contribution in [2.45, 2.75) is 6.92 Å². The Morgan fingerprint density at radius 2 is 2.15 bits per heavy atom. The summed E-state index contributed by atoms with van der Waals surface area (Å²) in [4.78, 5) is 15.5. The fraction of sp³-hybridized carbons (Fsp3) is 0.222. The van der Waals surface area contributed by atoms with Gasteiger partial charge in [0.15, 0.2) is 0 Å². The summed E-state index contributed by atoms with van der Waals surface area (Å²) >= 11 is 0. The first kappa shape index (κ1) is 9.70. The molecular weight excluding hydrogens is 168 g/mol. The normalized spacial score (nSPS) is 9.62. The number of carbonyl (C=O) groups excluding carboxylic acids is 1. The van der Waals surface area contributed by atoms with Crippen molar-refractivity contribution < 1.29 is 9.63 Å². The molecular formula is C9H12N2O2. The van der Waals surface area contributed by atoms with E-state index in [1.807, 2.05) is 25.1 Å². The first-order valence-electron chi connectivity index (χ1n) is 4.05. The zero-order chi connectivity index (χ0) is 9.52. The summed E-state index contributed by atoms with van der Waals surface area (Å²) in [6, 6.07) is 9.19. The van der Waals surface area contributed by atoms with E-state index in [-0.39, 0.29) is 0 Å². The first-order valence-corrected chi connectivity index (χ1v) is 4.05. The van der Waals surface area contributed by atoms with Gasteiger partial charge in [-0.3, -0.25) is 9.63 Å². The summed E-state index contributed by atoms with van der Waals surface area (Å²) < 4.78 is 0. The third-order valence-electron chi connectivity index (χ3n) is 1.45. The molecule has 0 aliphatic carbocycles. The van der Waals surface area contributed by atoms with Crippen molar-refractivity contribution in [3.63, 3.8) is 0 Å². The highest BCUT2D eigenvalue weighted by Crippen LogP contribution is 2.08. The van der Waals surface area contributed by atoms with E-state index in [0.717, 1.165) is 5.69 Å². The SMILES string of the molecule is CCONN(C=O)c1ccccc1. The molecule has 1 N–H and O–H groups in total. The molecule has 0 heterocycles. The molecule has 0 aliphatic heterocycles. The van der Waals surface area contributed by atoms with Crippen LogP contribution in [-0.4, -0.2) is 13.0 Å². The smallest absolute Gasteiger partial charge is 0.230 e. The Morgan fingerprint density at radius 1 is 1.46 bits per heavy atom. The van der Waals surface area contributed by atoms with Crippen LogP contribution in [0, 0.1) is 0 Å². The first-order chi connectivity index (χ1) is 6.38. The molecule has 0 saturated carbocycles. The highest BCUT2D eigenvalue weighted by atomic mass is 16.7. The van der Waals surface area contributed by atoms with Gasteiger partial charge in [-0.25, -0.2) is 5.01 Å². The van der Waals surface area contributed by atoms with E-state index in [4.69, 9.17) is 4.84 Å². The van der Waals surface area contributed by atoms with Crippen molar-refractivity contribution in [3.8, 4) is 0 Å². The standard InChI is InChI=1S/C9H12N2O2/c1-2-13-10-11(8-12)9-6-4-3-5-7-9/h3-8,10H,2H2,1H3. The van der Waals surface area contributed by atoms with Gasteiger partial charge in [0, 0.05) is 0 Å². The summed E-state index contributed by atoms with van der Waals surface area (Å²) in [6.45, 7) is 2.33. The maximum Gasteiger partial charge on any atom is 0.230 e. The number of nitrogens with zero attached hydrogens (tertiary/aromatic N) is 1. The summed E-state index contributed by atoms with van der Waals surface area (Å²) in [5, 5.41) is 1.27. The summed E-state index contributed by atoms with van der Waals surface area (Å²) in [7, 11) is 0. The molecule has 1 aromatic rings. The lowest BCUT2D eigenvalue weighted by Gasteiger charge is -2.16. The zero-order valence-electron chi connectivity index (χ0n) is 7.43. The van der Waals surface area contributed by atoms with Crippen molar-refractivity contribution in [3.05, 3.63) is 30.3 Å². The predicted molar refractivity (Wildman–Crippen MR) is 49.7 cm³/mol. The van der Waals surface area contributed by atoms with Crippen molar-refractivity contribution >= 4 is 12.1 Å². The molecule has 0 atom stereocenters. The van der Waals surface area contributed by atoms with Gasteiger partial charge in [-0.15, -0.1) is 5.59 Å². The number of hydrogen-bond donors (Lipinski definition) is 1. The van der Waals surface area contributed by atoms with E-state index < -0.39 is 0 Å². The number of amides is 1. The molecule has 70 valence electrons. The lowest BCUT2D eigenvalue weighted by atomic mass is 10.3. The quantitative estimate of drug-likeness (QED) is 0.545. The molecule has 0 saturated heterocycles. The van der Waals surface area contributed by atoms with Crippen LogP contribution in [0.2, 0.25) is 0 Å². The molecule has 0 aliphatic rings. The van der Waals surface area contributed by atoms with Crippen LogP contribution >= 0.6 is 0 Å². The van der Waals surface area contributed by atoms with Crippen LogP contribution in [0.25, 0.3) is 0 Å². The minimum Gasteiger partial charge on any atom is -0.282 e. The van der Waals surface area contributed by atoms with Gasteiger partial charge in [0.05, 0.1) is 12.3 Å². The Labute approximate surface area is 77.0 Å². The van der Waals surface area contributed by atoms with Gasteiger partial charge < -0.3 is 0 Å². The second kappa shape index (κ2) is 5.29. The molecule has 1 rings (SSSR count). The molecule has 4 heteroatoms. The van der Waals surface area contributed by atoms with Gasteiger partial charge in [-0.1, -0.05) is 18.2 Å². The molecule has 1 amide bonds. The van der Waals surface area contributed by atoms with Gasteiger partial charge in [0.1, 0.15) is 0 Å². The Hall–Kier alpha value is -1.39. The maximum atomic E-state index is 10.6. The summed E-state index contributed by atoms with van der Waals surface area (Å²) in [5.74, 6) is 0. The fourth-order valence-electron chi connectivity index (χ4n) is 0.858. The topological polar surface area (TPSA) is 41.6 Å². The third kappa shape index (κ3) is 2.85. The Bertz CT molecular complexity index is 251. The van der Waals surface area contributed by atoms with Crippen LogP contribution < -0.4 is 10.6 Å². The lowest BCUT2D eigenvalue weighted by Crippen LogP contribution is -2.36. The number of carbonyl (C=O) groups is 1. The average molecular weight is 180 g/mol. The van der Waals surface area contributed by atoms with Crippen LogP contribution in [0.4, 0.5) is 5.69 Å². The fourth-order valence-corrected chi connectivity index (χ4v) is 0.858. The Morgan fingerprint density at radius 3 is 2.69 bits per heavy atom. The molecule has 0 bridgehead atoms. The molecule has 13 heavy (non-hydrogen) atoms. The zero-order valence-corrected chi connectivity index (χ0v) is 7.43. The van der Waals surface area contributed by atoms with Crippen LogP contribution in [0.15, 0.2) is 30.3 Å². The van der Waals surface area contributed by atoms with Crippen molar-refractivity contribution in [1.29, 1.82) is 0 Å². The van der Waals surface area contributed by atoms with Crippen LogP contribution in [0.1, 0.15) is 6.92 Å². The number of rotatable bonds is 5. The van der Waals surface area contributed by atoms with Crippen molar-refractivity contribution in [1.82, 2.24) is 5.59 Å². The monoisotopic (exact) mass is 180 g/mol.